The predicted molar refractivity (Wildman–Crippen MR) is 75.7 cm³/mol. The average Bonchev–Trinajstić information content (AvgIpc) is 2.87. The van der Waals surface area contributed by atoms with Gasteiger partial charge in [-0.25, -0.2) is 4.79 Å². The lowest BCUT2D eigenvalue weighted by Gasteiger charge is -2.09. The minimum atomic E-state index is -0.287. The molecule has 20 heavy (non-hydrogen) atoms. The molecule has 0 unspecified atom stereocenters. The van der Waals surface area contributed by atoms with Crippen LogP contribution in [0.25, 0.3) is 11.0 Å². The Balaban J connectivity index is 2.14. The van der Waals surface area contributed by atoms with Crippen molar-refractivity contribution in [1.82, 2.24) is 0 Å². The molecular weight excluding hydrogens is 280 g/mol. The SMILES string of the molecule is CC(=O)COc1cc2oc(=O)c3c(c2cc1Cl)CCC3. The van der Waals surface area contributed by atoms with Crippen LogP contribution >= 0.6 is 11.6 Å². The van der Waals surface area contributed by atoms with Gasteiger partial charge in [0.05, 0.1) is 5.02 Å². The van der Waals surface area contributed by atoms with Crippen molar-refractivity contribution in [1.29, 1.82) is 0 Å². The minimum absolute atomic E-state index is 0.0552. The molecule has 4 nitrogen and oxygen atoms in total. The van der Waals surface area contributed by atoms with E-state index < -0.39 is 0 Å². The highest BCUT2D eigenvalue weighted by molar-refractivity contribution is 6.32. The van der Waals surface area contributed by atoms with E-state index in [0.29, 0.717) is 16.4 Å². The number of Topliss-reactive ketones (excluding diaryl/α,β-unsaturated/α-hetero) is 1. The summed E-state index contributed by atoms with van der Waals surface area (Å²) in [7, 11) is 0. The first kappa shape index (κ1) is 13.2. The van der Waals surface area contributed by atoms with Gasteiger partial charge in [-0.3, -0.25) is 4.79 Å². The maximum Gasteiger partial charge on any atom is 0.339 e. The van der Waals surface area contributed by atoms with Crippen LogP contribution in [0.3, 0.4) is 0 Å². The Morgan fingerprint density at radius 1 is 1.35 bits per heavy atom. The van der Waals surface area contributed by atoms with Gasteiger partial charge in [0.25, 0.3) is 0 Å². The van der Waals surface area contributed by atoms with E-state index >= 15 is 0 Å². The van der Waals surface area contributed by atoms with Gasteiger partial charge < -0.3 is 9.15 Å². The zero-order valence-corrected chi connectivity index (χ0v) is 11.8. The number of fused-ring (bicyclic) bond motifs is 3. The van der Waals surface area contributed by atoms with E-state index in [4.69, 9.17) is 20.8 Å². The Kier molecular flexibility index (Phi) is 3.26. The Morgan fingerprint density at radius 3 is 2.85 bits per heavy atom. The maximum absolute atomic E-state index is 11.9. The molecule has 0 saturated heterocycles. The monoisotopic (exact) mass is 292 g/mol. The average molecular weight is 293 g/mol. The van der Waals surface area contributed by atoms with Crippen molar-refractivity contribution in [3.63, 3.8) is 0 Å². The van der Waals surface area contributed by atoms with E-state index in [1.165, 1.54) is 6.92 Å². The van der Waals surface area contributed by atoms with Crippen molar-refractivity contribution in [3.8, 4) is 5.75 Å². The van der Waals surface area contributed by atoms with Gasteiger partial charge in [0, 0.05) is 17.0 Å². The second-order valence-electron chi connectivity index (χ2n) is 4.97. The van der Waals surface area contributed by atoms with Crippen molar-refractivity contribution in [2.24, 2.45) is 0 Å². The molecule has 2 aromatic rings. The Hall–Kier alpha value is -1.81. The summed E-state index contributed by atoms with van der Waals surface area (Å²) >= 11 is 6.17. The van der Waals surface area contributed by atoms with E-state index in [-0.39, 0.29) is 18.0 Å². The fraction of sp³-hybridized carbons (Fsp3) is 0.333. The minimum Gasteiger partial charge on any atom is -0.484 e. The third-order valence-electron chi connectivity index (χ3n) is 3.46. The first-order chi connectivity index (χ1) is 9.56. The predicted octanol–water partition coefficient (Wildman–Crippen LogP) is 2.90. The molecule has 0 radical (unpaired) electrons. The number of aryl methyl sites for hydroxylation is 1. The summed E-state index contributed by atoms with van der Waals surface area (Å²) in [6.07, 6.45) is 2.58. The standard InChI is InChI=1S/C15H13ClO4/c1-8(17)7-19-14-6-13-11(5-12(14)16)9-3-2-4-10(9)15(18)20-13/h5-6H,2-4,7H2,1H3. The molecule has 0 aliphatic heterocycles. The van der Waals surface area contributed by atoms with Crippen LogP contribution in [0.2, 0.25) is 5.02 Å². The van der Waals surface area contributed by atoms with Gasteiger partial charge in [-0.2, -0.15) is 0 Å². The van der Waals surface area contributed by atoms with Crippen LogP contribution in [0.1, 0.15) is 24.5 Å². The number of ether oxygens (including phenoxy) is 1. The number of hydrogen-bond donors (Lipinski definition) is 0. The van der Waals surface area contributed by atoms with Gasteiger partial charge in [0.1, 0.15) is 17.9 Å². The van der Waals surface area contributed by atoms with Crippen LogP contribution in [0.5, 0.6) is 5.75 Å². The topological polar surface area (TPSA) is 56.5 Å². The smallest absolute Gasteiger partial charge is 0.339 e. The van der Waals surface area contributed by atoms with Crippen LogP contribution in [0.15, 0.2) is 21.3 Å². The fourth-order valence-electron chi connectivity index (χ4n) is 2.57. The molecule has 0 saturated carbocycles. The number of ketones is 1. The highest BCUT2D eigenvalue weighted by Gasteiger charge is 2.20. The summed E-state index contributed by atoms with van der Waals surface area (Å²) in [5.74, 6) is 0.257. The molecular formula is C15H13ClO4. The molecule has 0 spiro atoms. The maximum atomic E-state index is 11.9. The first-order valence-corrected chi connectivity index (χ1v) is 6.84. The molecule has 1 aliphatic carbocycles. The number of benzene rings is 1. The normalized spacial score (nSPS) is 13.5. The summed E-state index contributed by atoms with van der Waals surface area (Å²) in [5, 5.41) is 1.28. The zero-order chi connectivity index (χ0) is 14.3. The van der Waals surface area contributed by atoms with Crippen LogP contribution in [0, 0.1) is 0 Å². The molecule has 0 N–H and O–H groups in total. The summed E-state index contributed by atoms with van der Waals surface area (Å²) in [4.78, 5) is 22.9. The third-order valence-corrected chi connectivity index (χ3v) is 3.75. The second-order valence-corrected chi connectivity index (χ2v) is 5.38. The van der Waals surface area contributed by atoms with Crippen LogP contribution < -0.4 is 10.4 Å². The molecule has 0 bridgehead atoms. The third kappa shape index (κ3) is 2.20. The van der Waals surface area contributed by atoms with Crippen LogP contribution in [-0.4, -0.2) is 12.4 Å². The lowest BCUT2D eigenvalue weighted by atomic mass is 10.1. The van der Waals surface area contributed by atoms with Crippen LogP contribution in [-0.2, 0) is 17.6 Å². The van der Waals surface area contributed by atoms with Gasteiger partial charge in [-0.05, 0) is 37.8 Å². The van der Waals surface area contributed by atoms with E-state index in [1.807, 2.05) is 0 Å². The number of hydrogen-bond acceptors (Lipinski definition) is 4. The fourth-order valence-corrected chi connectivity index (χ4v) is 2.79. The lowest BCUT2D eigenvalue weighted by Crippen LogP contribution is -2.08. The van der Waals surface area contributed by atoms with Crippen molar-refractivity contribution >= 4 is 28.4 Å². The molecule has 1 heterocycles. The van der Waals surface area contributed by atoms with Gasteiger partial charge in [0.15, 0.2) is 5.78 Å². The summed E-state index contributed by atoms with van der Waals surface area (Å²) in [6.45, 7) is 1.38. The Morgan fingerprint density at radius 2 is 2.10 bits per heavy atom. The van der Waals surface area contributed by atoms with E-state index in [1.54, 1.807) is 12.1 Å². The van der Waals surface area contributed by atoms with Gasteiger partial charge in [0.2, 0.25) is 0 Å². The zero-order valence-electron chi connectivity index (χ0n) is 11.0. The summed E-state index contributed by atoms with van der Waals surface area (Å²) in [6, 6.07) is 3.33. The van der Waals surface area contributed by atoms with Crippen molar-refractivity contribution < 1.29 is 13.9 Å². The molecule has 5 heteroatoms. The van der Waals surface area contributed by atoms with Gasteiger partial charge >= 0.3 is 5.63 Å². The lowest BCUT2D eigenvalue weighted by molar-refractivity contribution is -0.118. The first-order valence-electron chi connectivity index (χ1n) is 6.46. The quantitative estimate of drug-likeness (QED) is 0.816. The van der Waals surface area contributed by atoms with Crippen molar-refractivity contribution in [3.05, 3.63) is 38.7 Å². The summed E-state index contributed by atoms with van der Waals surface area (Å²) < 4.78 is 10.6. The summed E-state index contributed by atoms with van der Waals surface area (Å²) in [5.41, 5.74) is 1.95. The van der Waals surface area contributed by atoms with E-state index in [0.717, 1.165) is 35.8 Å². The van der Waals surface area contributed by atoms with E-state index in [9.17, 15) is 9.59 Å². The molecule has 1 aromatic carbocycles. The number of halogens is 1. The Bertz CT molecular complexity index is 761. The highest BCUT2D eigenvalue weighted by atomic mass is 35.5. The van der Waals surface area contributed by atoms with Crippen molar-refractivity contribution in [2.45, 2.75) is 26.2 Å². The number of carbonyl (C=O) groups excluding carboxylic acids is 1. The molecule has 0 fully saturated rings. The van der Waals surface area contributed by atoms with Crippen LogP contribution in [0.4, 0.5) is 0 Å². The molecule has 0 amide bonds. The number of rotatable bonds is 3. The molecule has 1 aromatic heterocycles. The molecule has 3 rings (SSSR count). The van der Waals surface area contributed by atoms with Gasteiger partial charge in [-0.1, -0.05) is 11.6 Å². The highest BCUT2D eigenvalue weighted by Crippen LogP contribution is 2.34. The Labute approximate surface area is 120 Å². The van der Waals surface area contributed by atoms with E-state index in [2.05, 4.69) is 0 Å². The molecule has 104 valence electrons. The molecule has 1 aliphatic rings. The second kappa shape index (κ2) is 4.94. The van der Waals surface area contributed by atoms with Crippen molar-refractivity contribution in [2.75, 3.05) is 6.61 Å². The van der Waals surface area contributed by atoms with Gasteiger partial charge in [-0.15, -0.1) is 0 Å². The molecule has 0 atom stereocenters. The largest absolute Gasteiger partial charge is 0.484 e. The number of carbonyl (C=O) groups is 1.